The molecule has 0 saturated heterocycles. The maximum absolute atomic E-state index is 11.9. The third-order valence-electron chi connectivity index (χ3n) is 3.05. The summed E-state index contributed by atoms with van der Waals surface area (Å²) in [4.78, 5) is 22.1. The zero-order valence-electron chi connectivity index (χ0n) is 11.1. The lowest BCUT2D eigenvalue weighted by molar-refractivity contribution is -0.384. The van der Waals surface area contributed by atoms with Gasteiger partial charge in [0.25, 0.3) is 11.6 Å². The molecule has 1 N–H and O–H groups in total. The van der Waals surface area contributed by atoms with Crippen LogP contribution in [0.5, 0.6) is 0 Å². The number of hydrogen-bond acceptors (Lipinski definition) is 4. The van der Waals surface area contributed by atoms with Gasteiger partial charge in [0.05, 0.1) is 16.6 Å². The van der Waals surface area contributed by atoms with Crippen molar-refractivity contribution in [1.29, 1.82) is 0 Å². The van der Waals surface area contributed by atoms with Crippen LogP contribution in [0.15, 0.2) is 12.1 Å². The van der Waals surface area contributed by atoms with Crippen LogP contribution in [0.25, 0.3) is 0 Å². The second kappa shape index (κ2) is 7.06. The number of carbonyl (C=O) groups excluding carboxylic acids is 1. The van der Waals surface area contributed by atoms with Crippen molar-refractivity contribution in [2.45, 2.75) is 12.8 Å². The summed E-state index contributed by atoms with van der Waals surface area (Å²) in [7, 11) is 0. The van der Waals surface area contributed by atoms with E-state index >= 15 is 0 Å². The van der Waals surface area contributed by atoms with Gasteiger partial charge in [0.15, 0.2) is 0 Å². The van der Waals surface area contributed by atoms with Crippen LogP contribution in [0.4, 0.5) is 5.69 Å². The number of ether oxygens (including phenoxy) is 1. The lowest BCUT2D eigenvalue weighted by Crippen LogP contribution is -2.27. The van der Waals surface area contributed by atoms with Crippen LogP contribution in [-0.4, -0.2) is 30.6 Å². The predicted molar refractivity (Wildman–Crippen MR) is 79.0 cm³/mol. The molecule has 1 amide bonds. The number of nitrogens with zero attached hydrogens (tertiary/aromatic N) is 1. The van der Waals surface area contributed by atoms with E-state index in [2.05, 4.69) is 5.32 Å². The largest absolute Gasteiger partial charge is 0.379 e. The normalized spacial score (nSPS) is 14.0. The van der Waals surface area contributed by atoms with Gasteiger partial charge in [-0.1, -0.05) is 23.2 Å². The molecule has 1 aromatic rings. The highest BCUT2D eigenvalue weighted by Gasteiger charge is 2.21. The zero-order chi connectivity index (χ0) is 15.4. The summed E-state index contributed by atoms with van der Waals surface area (Å²) in [5, 5.41) is 13.2. The van der Waals surface area contributed by atoms with Gasteiger partial charge >= 0.3 is 0 Å². The molecule has 0 spiro atoms. The van der Waals surface area contributed by atoms with E-state index in [1.807, 2.05) is 0 Å². The molecule has 0 unspecified atom stereocenters. The van der Waals surface area contributed by atoms with Crippen molar-refractivity contribution in [2.75, 3.05) is 19.8 Å². The lowest BCUT2D eigenvalue weighted by Gasteiger charge is -2.07. The Bertz CT molecular complexity index is 561. The van der Waals surface area contributed by atoms with Gasteiger partial charge in [-0.3, -0.25) is 14.9 Å². The number of halogens is 2. The van der Waals surface area contributed by atoms with E-state index in [0.717, 1.165) is 6.07 Å². The minimum absolute atomic E-state index is 0.0269. The first-order chi connectivity index (χ1) is 9.99. The van der Waals surface area contributed by atoms with Gasteiger partial charge in [0.1, 0.15) is 5.02 Å². The number of carbonyl (C=O) groups is 1. The van der Waals surface area contributed by atoms with Crippen molar-refractivity contribution >= 4 is 34.8 Å². The second-order valence-electron chi connectivity index (χ2n) is 4.82. The molecule has 1 aliphatic rings. The summed E-state index contributed by atoms with van der Waals surface area (Å²) >= 11 is 11.5. The Morgan fingerprint density at radius 3 is 2.76 bits per heavy atom. The summed E-state index contributed by atoms with van der Waals surface area (Å²) in [5.41, 5.74) is -0.294. The van der Waals surface area contributed by atoms with Gasteiger partial charge < -0.3 is 10.1 Å². The molecule has 1 fully saturated rings. The van der Waals surface area contributed by atoms with E-state index < -0.39 is 10.8 Å². The Morgan fingerprint density at radius 1 is 1.43 bits per heavy atom. The van der Waals surface area contributed by atoms with Gasteiger partial charge in [0.2, 0.25) is 0 Å². The third kappa shape index (κ3) is 4.56. The quantitative estimate of drug-likeness (QED) is 0.472. The Morgan fingerprint density at radius 2 is 2.14 bits per heavy atom. The van der Waals surface area contributed by atoms with Gasteiger partial charge in [0, 0.05) is 24.8 Å². The van der Waals surface area contributed by atoms with Crippen LogP contribution in [-0.2, 0) is 4.74 Å². The minimum Gasteiger partial charge on any atom is -0.379 e. The SMILES string of the molecule is O=C(NCCOCC1CC1)c1cc(Cl)c(Cl)c([N+](=O)[O-])c1. The molecular formula is C13H14Cl2N2O4. The Balaban J connectivity index is 1.90. The van der Waals surface area contributed by atoms with Gasteiger partial charge in [-0.15, -0.1) is 0 Å². The van der Waals surface area contributed by atoms with E-state index in [0.29, 0.717) is 25.7 Å². The van der Waals surface area contributed by atoms with Crippen molar-refractivity contribution in [3.05, 3.63) is 37.9 Å². The first-order valence-electron chi connectivity index (χ1n) is 6.48. The number of nitrogens with one attached hydrogen (secondary N) is 1. The van der Waals surface area contributed by atoms with Gasteiger partial charge in [-0.2, -0.15) is 0 Å². The van der Waals surface area contributed by atoms with Crippen molar-refractivity contribution < 1.29 is 14.5 Å². The van der Waals surface area contributed by atoms with E-state index in [1.54, 1.807) is 0 Å². The summed E-state index contributed by atoms with van der Waals surface area (Å²) in [6.45, 7) is 1.46. The average molecular weight is 333 g/mol. The fraction of sp³-hybridized carbons (Fsp3) is 0.462. The Labute approximate surface area is 131 Å². The molecule has 0 aliphatic heterocycles. The number of benzene rings is 1. The summed E-state index contributed by atoms with van der Waals surface area (Å²) in [6.07, 6.45) is 2.42. The van der Waals surface area contributed by atoms with Crippen LogP contribution in [0, 0.1) is 16.0 Å². The molecule has 1 aliphatic carbocycles. The van der Waals surface area contributed by atoms with E-state index in [1.165, 1.54) is 18.9 Å². The summed E-state index contributed by atoms with van der Waals surface area (Å²) in [6, 6.07) is 2.41. The maximum atomic E-state index is 11.9. The van der Waals surface area contributed by atoms with Crippen molar-refractivity contribution in [1.82, 2.24) is 5.32 Å². The van der Waals surface area contributed by atoms with Crippen molar-refractivity contribution in [3.8, 4) is 0 Å². The van der Waals surface area contributed by atoms with Crippen LogP contribution in [0.3, 0.4) is 0 Å². The van der Waals surface area contributed by atoms with Crippen LogP contribution < -0.4 is 5.32 Å². The van der Waals surface area contributed by atoms with Gasteiger partial charge in [-0.05, 0) is 24.8 Å². The molecule has 0 radical (unpaired) electrons. The molecule has 0 aromatic heterocycles. The molecular weight excluding hydrogens is 319 g/mol. The molecule has 0 bridgehead atoms. The number of rotatable bonds is 7. The molecule has 8 heteroatoms. The van der Waals surface area contributed by atoms with Crippen molar-refractivity contribution in [2.24, 2.45) is 5.92 Å². The molecule has 0 heterocycles. The van der Waals surface area contributed by atoms with E-state index in [-0.39, 0.29) is 21.3 Å². The molecule has 1 aromatic carbocycles. The number of hydrogen-bond donors (Lipinski definition) is 1. The molecule has 6 nitrogen and oxygen atoms in total. The number of amides is 1. The second-order valence-corrected chi connectivity index (χ2v) is 5.61. The number of nitro benzene ring substituents is 1. The minimum atomic E-state index is -0.677. The third-order valence-corrected chi connectivity index (χ3v) is 3.84. The average Bonchev–Trinajstić information content (AvgIpc) is 3.24. The smallest absolute Gasteiger partial charge is 0.290 e. The Kier molecular flexibility index (Phi) is 5.39. The first-order valence-corrected chi connectivity index (χ1v) is 7.24. The van der Waals surface area contributed by atoms with E-state index in [4.69, 9.17) is 27.9 Å². The maximum Gasteiger partial charge on any atom is 0.290 e. The molecule has 1 saturated carbocycles. The molecule has 21 heavy (non-hydrogen) atoms. The topological polar surface area (TPSA) is 81.5 Å². The van der Waals surface area contributed by atoms with Crippen molar-refractivity contribution in [3.63, 3.8) is 0 Å². The van der Waals surface area contributed by atoms with Crippen LogP contribution >= 0.6 is 23.2 Å². The number of nitro groups is 1. The fourth-order valence-electron chi connectivity index (χ4n) is 1.71. The standard InChI is InChI=1S/C13H14Cl2N2O4/c14-10-5-9(6-11(12(10)15)17(19)20)13(18)16-3-4-21-7-8-1-2-8/h5-6,8H,1-4,7H2,(H,16,18). The Hall–Kier alpha value is -1.37. The highest BCUT2D eigenvalue weighted by molar-refractivity contribution is 6.43. The van der Waals surface area contributed by atoms with E-state index in [9.17, 15) is 14.9 Å². The zero-order valence-corrected chi connectivity index (χ0v) is 12.6. The van der Waals surface area contributed by atoms with Crippen LogP contribution in [0.1, 0.15) is 23.2 Å². The highest BCUT2D eigenvalue weighted by atomic mass is 35.5. The highest BCUT2D eigenvalue weighted by Crippen LogP contribution is 2.33. The van der Waals surface area contributed by atoms with Crippen LogP contribution in [0.2, 0.25) is 10.0 Å². The first kappa shape index (κ1) is 16.0. The molecule has 0 atom stereocenters. The molecule has 114 valence electrons. The summed E-state index contributed by atoms with van der Waals surface area (Å²) < 4.78 is 5.38. The van der Waals surface area contributed by atoms with Gasteiger partial charge in [-0.25, -0.2) is 0 Å². The predicted octanol–water partition coefficient (Wildman–Crippen LogP) is 3.06. The lowest BCUT2D eigenvalue weighted by atomic mass is 10.2. The fourth-order valence-corrected chi connectivity index (χ4v) is 2.10. The monoisotopic (exact) mass is 332 g/mol. The summed E-state index contributed by atoms with van der Waals surface area (Å²) in [5.74, 6) is 0.213. The molecule has 2 rings (SSSR count).